The van der Waals surface area contributed by atoms with Crippen LogP contribution in [0, 0.1) is 0 Å². The molecule has 2 aliphatic rings. The number of ether oxygens (including phenoxy) is 1. The van der Waals surface area contributed by atoms with Gasteiger partial charge in [0.05, 0.1) is 23.4 Å². The molecule has 37 heavy (non-hydrogen) atoms. The molecule has 3 heterocycles. The van der Waals surface area contributed by atoms with E-state index in [0.717, 1.165) is 63.7 Å². The lowest BCUT2D eigenvalue weighted by Gasteiger charge is -2.32. The maximum atomic E-state index is 11.2. The third-order valence-electron chi connectivity index (χ3n) is 7.27. The normalized spacial score (nSPS) is 18.7. The number of benzene rings is 3. The summed E-state index contributed by atoms with van der Waals surface area (Å²) in [7, 11) is 1.64. The van der Waals surface area contributed by atoms with Gasteiger partial charge in [-0.3, -0.25) is 0 Å². The number of fused-ring (bicyclic) bond motifs is 2. The van der Waals surface area contributed by atoms with Crippen LogP contribution in [0.15, 0.2) is 82.5 Å². The third kappa shape index (κ3) is 4.47. The highest BCUT2D eigenvalue weighted by molar-refractivity contribution is 6.01. The first-order chi connectivity index (χ1) is 18.1. The number of methoxy groups -OCH3 is 1. The number of hydrogen-bond donors (Lipinski definition) is 3. The molecule has 1 aromatic heterocycles. The minimum absolute atomic E-state index is 0.104. The van der Waals surface area contributed by atoms with Gasteiger partial charge in [0, 0.05) is 40.8 Å². The summed E-state index contributed by atoms with van der Waals surface area (Å²) in [6, 6.07) is 22.3. The van der Waals surface area contributed by atoms with Gasteiger partial charge < -0.3 is 25.0 Å². The fraction of sp³-hybridized carbons (Fsp3) is 0.267. The van der Waals surface area contributed by atoms with Crippen LogP contribution < -0.4 is 20.8 Å². The Morgan fingerprint density at radius 1 is 1.08 bits per heavy atom. The van der Waals surface area contributed by atoms with Crippen LogP contribution in [-0.2, 0) is 0 Å². The van der Waals surface area contributed by atoms with Gasteiger partial charge in [-0.2, -0.15) is 0 Å². The predicted molar refractivity (Wildman–Crippen MR) is 146 cm³/mol. The zero-order chi connectivity index (χ0) is 25.4. The second kappa shape index (κ2) is 9.75. The van der Waals surface area contributed by atoms with Crippen LogP contribution in [0.5, 0.6) is 11.6 Å². The van der Waals surface area contributed by atoms with Crippen molar-refractivity contribution in [2.45, 2.75) is 25.8 Å². The number of hydrogen-bond acceptors (Lipinski definition) is 6. The van der Waals surface area contributed by atoms with Gasteiger partial charge >= 0.3 is 0 Å². The SMILES string of the molecule is CCN1CCCC(Nc2ccc3[nH]c(O)c(C(=C4N=c5ccc(OC)cc5=N4)c4ccccc4)c3c2)C1. The summed E-state index contributed by atoms with van der Waals surface area (Å²) in [5.41, 5.74) is 4.33. The molecule has 2 aliphatic heterocycles. The Morgan fingerprint density at radius 2 is 1.92 bits per heavy atom. The molecule has 3 N–H and O–H groups in total. The van der Waals surface area contributed by atoms with Crippen molar-refractivity contribution in [1.82, 2.24) is 9.88 Å². The van der Waals surface area contributed by atoms with Crippen molar-refractivity contribution >= 4 is 22.2 Å². The second-order valence-electron chi connectivity index (χ2n) is 9.63. The predicted octanol–water partition coefficient (Wildman–Crippen LogP) is 4.45. The van der Waals surface area contributed by atoms with Gasteiger partial charge in [-0.15, -0.1) is 0 Å². The molecule has 7 heteroatoms. The highest BCUT2D eigenvalue weighted by Gasteiger charge is 2.23. The molecule has 1 saturated heterocycles. The van der Waals surface area contributed by atoms with Crippen molar-refractivity contribution in [3.05, 3.63) is 94.4 Å². The number of aromatic hydroxyl groups is 1. The van der Waals surface area contributed by atoms with Crippen LogP contribution in [0.4, 0.5) is 5.69 Å². The molecule has 0 saturated carbocycles. The highest BCUT2D eigenvalue weighted by atomic mass is 16.5. The zero-order valence-electron chi connectivity index (χ0n) is 21.2. The fourth-order valence-electron chi connectivity index (χ4n) is 5.39. The van der Waals surface area contributed by atoms with Crippen LogP contribution in [0.1, 0.15) is 30.9 Å². The molecule has 6 rings (SSSR count). The molecule has 1 fully saturated rings. The Morgan fingerprint density at radius 3 is 2.73 bits per heavy atom. The lowest BCUT2D eigenvalue weighted by Crippen LogP contribution is -2.41. The molecule has 1 unspecified atom stereocenters. The van der Waals surface area contributed by atoms with Crippen molar-refractivity contribution in [2.24, 2.45) is 9.98 Å². The molecule has 0 radical (unpaired) electrons. The van der Waals surface area contributed by atoms with Crippen molar-refractivity contribution < 1.29 is 9.84 Å². The average Bonchev–Trinajstić information content (AvgIpc) is 3.49. The van der Waals surface area contributed by atoms with E-state index in [1.54, 1.807) is 7.11 Å². The molecule has 188 valence electrons. The van der Waals surface area contributed by atoms with Gasteiger partial charge in [0.2, 0.25) is 0 Å². The third-order valence-corrected chi connectivity index (χ3v) is 7.27. The first-order valence-corrected chi connectivity index (χ1v) is 12.9. The summed E-state index contributed by atoms with van der Waals surface area (Å²) in [5, 5.41) is 17.4. The van der Waals surface area contributed by atoms with E-state index in [-0.39, 0.29) is 5.88 Å². The number of anilines is 1. The highest BCUT2D eigenvalue weighted by Crippen LogP contribution is 2.40. The van der Waals surface area contributed by atoms with E-state index in [9.17, 15) is 5.11 Å². The lowest BCUT2D eigenvalue weighted by atomic mass is 9.96. The number of rotatable bonds is 6. The number of H-pyrrole nitrogens is 1. The molecule has 0 spiro atoms. The number of likely N-dealkylation sites (tertiary alicyclic amines) is 1. The summed E-state index contributed by atoms with van der Waals surface area (Å²) in [6.45, 7) is 5.50. The Bertz CT molecular complexity index is 1610. The largest absolute Gasteiger partial charge is 0.497 e. The van der Waals surface area contributed by atoms with E-state index in [1.807, 2.05) is 54.6 Å². The van der Waals surface area contributed by atoms with Gasteiger partial charge in [-0.05, 0) is 61.8 Å². The number of likely N-dealkylation sites (N-methyl/N-ethyl adjacent to an activating group) is 1. The van der Waals surface area contributed by atoms with Gasteiger partial charge in [0.1, 0.15) is 5.75 Å². The maximum Gasteiger partial charge on any atom is 0.197 e. The van der Waals surface area contributed by atoms with Crippen LogP contribution in [0.2, 0.25) is 0 Å². The number of piperidine rings is 1. The van der Waals surface area contributed by atoms with Gasteiger partial charge in [-0.1, -0.05) is 37.3 Å². The van der Waals surface area contributed by atoms with E-state index in [4.69, 9.17) is 14.7 Å². The minimum Gasteiger partial charge on any atom is -0.497 e. The van der Waals surface area contributed by atoms with Gasteiger partial charge in [0.25, 0.3) is 0 Å². The molecular formula is C30H31N5O2. The first-order valence-electron chi connectivity index (χ1n) is 12.9. The van der Waals surface area contributed by atoms with E-state index in [0.29, 0.717) is 17.4 Å². The monoisotopic (exact) mass is 493 g/mol. The van der Waals surface area contributed by atoms with Crippen LogP contribution >= 0.6 is 0 Å². The van der Waals surface area contributed by atoms with Crippen LogP contribution in [0.3, 0.4) is 0 Å². The van der Waals surface area contributed by atoms with Crippen LogP contribution in [0.25, 0.3) is 16.5 Å². The molecule has 0 aliphatic carbocycles. The van der Waals surface area contributed by atoms with E-state index in [2.05, 4.69) is 34.3 Å². The van der Waals surface area contributed by atoms with Crippen molar-refractivity contribution in [3.8, 4) is 11.6 Å². The number of nitrogens with zero attached hydrogens (tertiary/aromatic N) is 3. The second-order valence-corrected chi connectivity index (χ2v) is 9.63. The first kappa shape index (κ1) is 23.3. The Labute approximate surface area is 215 Å². The maximum absolute atomic E-state index is 11.2. The summed E-state index contributed by atoms with van der Waals surface area (Å²) < 4.78 is 5.39. The number of nitrogens with one attached hydrogen (secondary N) is 2. The van der Waals surface area contributed by atoms with Gasteiger partial charge in [0.15, 0.2) is 11.7 Å². The molecule has 1 atom stereocenters. The molecule has 7 nitrogen and oxygen atoms in total. The molecule has 3 aromatic carbocycles. The standard InChI is InChI=1S/C30H31N5O2/c1-3-35-15-7-10-21(18-35)31-20-11-13-24-23(16-20)28(30(36)34-24)27(19-8-5-4-6-9-19)29-32-25-14-12-22(37-2)17-26(25)33-29/h4-6,8-9,11-14,16-17,21,31,34,36H,3,7,10,15,18H2,1-2H3. The lowest BCUT2D eigenvalue weighted by molar-refractivity contribution is 0.227. The van der Waals surface area contributed by atoms with E-state index >= 15 is 0 Å². The van der Waals surface area contributed by atoms with E-state index < -0.39 is 0 Å². The molecule has 0 amide bonds. The quantitative estimate of drug-likeness (QED) is 0.371. The molecular weight excluding hydrogens is 462 g/mol. The summed E-state index contributed by atoms with van der Waals surface area (Å²) >= 11 is 0. The van der Waals surface area contributed by atoms with Crippen molar-refractivity contribution in [3.63, 3.8) is 0 Å². The summed E-state index contributed by atoms with van der Waals surface area (Å²) in [6.07, 6.45) is 2.35. The summed E-state index contributed by atoms with van der Waals surface area (Å²) in [4.78, 5) is 15.4. The van der Waals surface area contributed by atoms with Crippen LogP contribution in [-0.4, -0.2) is 47.8 Å². The molecule has 4 aromatic rings. The van der Waals surface area contributed by atoms with E-state index in [1.165, 1.54) is 13.0 Å². The Balaban J connectivity index is 1.49. The van der Waals surface area contributed by atoms with Crippen molar-refractivity contribution in [2.75, 3.05) is 32.1 Å². The Hall–Kier alpha value is -4.10. The van der Waals surface area contributed by atoms with Crippen molar-refractivity contribution in [1.29, 1.82) is 0 Å². The minimum atomic E-state index is 0.104. The average molecular weight is 494 g/mol. The zero-order valence-corrected chi connectivity index (χ0v) is 21.2. The number of aromatic nitrogens is 1. The summed E-state index contributed by atoms with van der Waals surface area (Å²) in [5.74, 6) is 1.40. The smallest absolute Gasteiger partial charge is 0.197 e. The molecule has 0 bridgehead atoms. The topological polar surface area (TPSA) is 85.2 Å². The fourth-order valence-corrected chi connectivity index (χ4v) is 5.39. The number of aromatic amines is 1. The Kier molecular flexibility index (Phi) is 6.14. The van der Waals surface area contributed by atoms with Gasteiger partial charge in [-0.25, -0.2) is 9.98 Å².